The first-order chi connectivity index (χ1) is 11.1. The Hall–Kier alpha value is -2.44. The highest BCUT2D eigenvalue weighted by Crippen LogP contribution is 2.29. The largest absolute Gasteiger partial charge is 0.420 e. The van der Waals surface area contributed by atoms with Crippen LogP contribution in [0.5, 0.6) is 0 Å². The van der Waals surface area contributed by atoms with E-state index in [4.69, 9.17) is 4.42 Å². The lowest BCUT2D eigenvalue weighted by atomic mass is 10.2. The molecule has 0 N–H and O–H groups in total. The van der Waals surface area contributed by atoms with Gasteiger partial charge in [-0.3, -0.25) is 4.79 Å². The molecule has 0 aromatic carbocycles. The zero-order chi connectivity index (χ0) is 16.4. The van der Waals surface area contributed by atoms with Crippen LogP contribution < -0.4 is 4.90 Å². The summed E-state index contributed by atoms with van der Waals surface area (Å²) in [4.78, 5) is 20.0. The van der Waals surface area contributed by atoms with Gasteiger partial charge in [0.15, 0.2) is 0 Å². The number of pyridine rings is 1. The SMILES string of the molecule is CC(=O)N1CCN(c2ncccc2-c2nnc(C(C)C)o2)CC1. The fraction of sp³-hybridized carbons (Fsp3) is 0.500. The van der Waals surface area contributed by atoms with Crippen LogP contribution in [-0.2, 0) is 4.79 Å². The first-order valence-electron chi connectivity index (χ1n) is 7.85. The van der Waals surface area contributed by atoms with Crippen molar-refractivity contribution < 1.29 is 9.21 Å². The molecule has 1 fully saturated rings. The highest BCUT2D eigenvalue weighted by molar-refractivity contribution is 5.74. The first-order valence-corrected chi connectivity index (χ1v) is 7.85. The molecule has 7 heteroatoms. The summed E-state index contributed by atoms with van der Waals surface area (Å²) in [6, 6.07) is 3.81. The second-order valence-corrected chi connectivity index (χ2v) is 5.97. The molecule has 3 rings (SSSR count). The van der Waals surface area contributed by atoms with Gasteiger partial charge in [-0.15, -0.1) is 10.2 Å². The number of hydrogen-bond acceptors (Lipinski definition) is 6. The molecule has 0 radical (unpaired) electrons. The van der Waals surface area contributed by atoms with E-state index in [1.165, 1.54) is 0 Å². The summed E-state index contributed by atoms with van der Waals surface area (Å²) >= 11 is 0. The van der Waals surface area contributed by atoms with Gasteiger partial charge < -0.3 is 14.2 Å². The van der Waals surface area contributed by atoms with E-state index in [0.29, 0.717) is 24.9 Å². The average Bonchev–Trinajstić information content (AvgIpc) is 3.05. The molecule has 1 saturated heterocycles. The molecule has 0 unspecified atom stereocenters. The summed E-state index contributed by atoms with van der Waals surface area (Å²) in [5, 5.41) is 8.26. The highest BCUT2D eigenvalue weighted by atomic mass is 16.4. The maximum Gasteiger partial charge on any atom is 0.251 e. The zero-order valence-electron chi connectivity index (χ0n) is 13.7. The molecule has 3 heterocycles. The van der Waals surface area contributed by atoms with Crippen molar-refractivity contribution in [2.45, 2.75) is 26.7 Å². The fourth-order valence-electron chi connectivity index (χ4n) is 2.63. The summed E-state index contributed by atoms with van der Waals surface area (Å²) in [6.07, 6.45) is 1.76. The van der Waals surface area contributed by atoms with Crippen molar-refractivity contribution in [3.05, 3.63) is 24.2 Å². The van der Waals surface area contributed by atoms with Crippen molar-refractivity contribution in [1.82, 2.24) is 20.1 Å². The molecule has 2 aromatic rings. The topological polar surface area (TPSA) is 75.4 Å². The normalized spacial score (nSPS) is 15.3. The molecule has 0 saturated carbocycles. The van der Waals surface area contributed by atoms with E-state index < -0.39 is 0 Å². The van der Waals surface area contributed by atoms with E-state index >= 15 is 0 Å². The van der Waals surface area contributed by atoms with E-state index in [1.54, 1.807) is 13.1 Å². The third-order valence-electron chi connectivity index (χ3n) is 3.98. The van der Waals surface area contributed by atoms with Crippen LogP contribution >= 0.6 is 0 Å². The van der Waals surface area contributed by atoms with Crippen LogP contribution in [0, 0.1) is 0 Å². The van der Waals surface area contributed by atoms with Crippen molar-refractivity contribution in [2.24, 2.45) is 0 Å². The number of amides is 1. The fourth-order valence-corrected chi connectivity index (χ4v) is 2.63. The molecule has 122 valence electrons. The predicted octanol–water partition coefficient (Wildman–Crippen LogP) is 1.92. The van der Waals surface area contributed by atoms with E-state index in [1.807, 2.05) is 30.9 Å². The molecule has 0 aliphatic carbocycles. The van der Waals surface area contributed by atoms with Gasteiger partial charge in [0, 0.05) is 45.2 Å². The van der Waals surface area contributed by atoms with Gasteiger partial charge in [-0.25, -0.2) is 4.98 Å². The van der Waals surface area contributed by atoms with Gasteiger partial charge in [0.1, 0.15) is 5.82 Å². The third kappa shape index (κ3) is 3.18. The van der Waals surface area contributed by atoms with Crippen molar-refractivity contribution in [3.63, 3.8) is 0 Å². The zero-order valence-corrected chi connectivity index (χ0v) is 13.7. The van der Waals surface area contributed by atoms with E-state index in [2.05, 4.69) is 20.1 Å². The Balaban J connectivity index is 1.85. The number of hydrogen-bond donors (Lipinski definition) is 0. The number of anilines is 1. The minimum Gasteiger partial charge on any atom is -0.420 e. The van der Waals surface area contributed by atoms with Gasteiger partial charge in [0.2, 0.25) is 11.8 Å². The lowest BCUT2D eigenvalue weighted by Gasteiger charge is -2.35. The summed E-state index contributed by atoms with van der Waals surface area (Å²) in [6.45, 7) is 8.53. The van der Waals surface area contributed by atoms with E-state index in [0.717, 1.165) is 24.5 Å². The Kier molecular flexibility index (Phi) is 4.27. The van der Waals surface area contributed by atoms with Crippen LogP contribution in [0.4, 0.5) is 5.82 Å². The molecule has 0 bridgehead atoms. The van der Waals surface area contributed by atoms with E-state index in [-0.39, 0.29) is 11.8 Å². The summed E-state index contributed by atoms with van der Waals surface area (Å²) in [5.74, 6) is 2.25. The molecule has 1 amide bonds. The van der Waals surface area contributed by atoms with Gasteiger partial charge in [-0.05, 0) is 12.1 Å². The minimum absolute atomic E-state index is 0.115. The van der Waals surface area contributed by atoms with Crippen LogP contribution in [0.15, 0.2) is 22.7 Å². The number of carbonyl (C=O) groups excluding carboxylic acids is 1. The molecular formula is C16H21N5O2. The first kappa shape index (κ1) is 15.5. The van der Waals surface area contributed by atoms with Crippen molar-refractivity contribution in [2.75, 3.05) is 31.1 Å². The second kappa shape index (κ2) is 6.36. The van der Waals surface area contributed by atoms with Crippen LogP contribution in [0.2, 0.25) is 0 Å². The summed E-state index contributed by atoms with van der Waals surface area (Å²) < 4.78 is 5.77. The Labute approximate surface area is 135 Å². The number of piperazine rings is 1. The molecule has 23 heavy (non-hydrogen) atoms. The second-order valence-electron chi connectivity index (χ2n) is 5.97. The van der Waals surface area contributed by atoms with Gasteiger partial charge >= 0.3 is 0 Å². The number of nitrogens with zero attached hydrogens (tertiary/aromatic N) is 5. The molecule has 1 aliphatic rings. The van der Waals surface area contributed by atoms with Crippen molar-refractivity contribution >= 4 is 11.7 Å². The molecule has 0 spiro atoms. The van der Waals surface area contributed by atoms with Crippen LogP contribution in [0.1, 0.15) is 32.6 Å². The molecule has 2 aromatic heterocycles. The maximum atomic E-state index is 11.5. The van der Waals surface area contributed by atoms with Crippen LogP contribution in [0.25, 0.3) is 11.5 Å². The maximum absolute atomic E-state index is 11.5. The monoisotopic (exact) mass is 315 g/mol. The predicted molar refractivity (Wildman–Crippen MR) is 86.1 cm³/mol. The summed E-state index contributed by atoms with van der Waals surface area (Å²) in [5.41, 5.74) is 0.836. The highest BCUT2D eigenvalue weighted by Gasteiger charge is 2.23. The Morgan fingerprint density at radius 2 is 1.96 bits per heavy atom. The van der Waals surface area contributed by atoms with Gasteiger partial charge in [-0.2, -0.15) is 0 Å². The smallest absolute Gasteiger partial charge is 0.251 e. The van der Waals surface area contributed by atoms with Crippen LogP contribution in [0.3, 0.4) is 0 Å². The lowest BCUT2D eigenvalue weighted by molar-refractivity contribution is -0.129. The standard InChI is InChI=1S/C16H21N5O2/c1-11(2)15-18-19-16(23-15)13-5-4-6-17-14(13)21-9-7-20(8-10-21)12(3)22/h4-6,11H,7-10H2,1-3H3. The van der Waals surface area contributed by atoms with Crippen LogP contribution in [-0.4, -0.2) is 52.2 Å². The Morgan fingerprint density at radius 3 is 2.57 bits per heavy atom. The molecule has 0 atom stereocenters. The van der Waals surface area contributed by atoms with Gasteiger partial charge in [-0.1, -0.05) is 13.8 Å². The number of rotatable bonds is 3. The summed E-state index contributed by atoms with van der Waals surface area (Å²) in [7, 11) is 0. The third-order valence-corrected chi connectivity index (χ3v) is 3.98. The Bertz CT molecular complexity index is 689. The van der Waals surface area contributed by atoms with Gasteiger partial charge in [0.05, 0.1) is 5.56 Å². The minimum atomic E-state index is 0.115. The van der Waals surface area contributed by atoms with Crippen molar-refractivity contribution in [3.8, 4) is 11.5 Å². The number of carbonyl (C=O) groups is 1. The lowest BCUT2D eigenvalue weighted by Crippen LogP contribution is -2.48. The molecule has 1 aliphatic heterocycles. The molecule has 7 nitrogen and oxygen atoms in total. The number of aromatic nitrogens is 3. The van der Waals surface area contributed by atoms with Crippen molar-refractivity contribution in [1.29, 1.82) is 0 Å². The average molecular weight is 315 g/mol. The van der Waals surface area contributed by atoms with E-state index in [9.17, 15) is 4.79 Å². The molecular weight excluding hydrogens is 294 g/mol. The Morgan fingerprint density at radius 1 is 1.22 bits per heavy atom. The van der Waals surface area contributed by atoms with Gasteiger partial charge in [0.25, 0.3) is 5.89 Å². The quantitative estimate of drug-likeness (QED) is 0.861.